The van der Waals surface area contributed by atoms with Gasteiger partial charge >= 0.3 is 0 Å². The summed E-state index contributed by atoms with van der Waals surface area (Å²) in [5.41, 5.74) is 0. The van der Waals surface area contributed by atoms with Gasteiger partial charge in [0.25, 0.3) is 0 Å². The van der Waals surface area contributed by atoms with Crippen LogP contribution in [0, 0.1) is 11.8 Å². The van der Waals surface area contributed by atoms with Gasteiger partial charge in [-0.1, -0.05) is 34.1 Å². The molecule has 1 aliphatic heterocycles. The quantitative estimate of drug-likeness (QED) is 0.633. The van der Waals surface area contributed by atoms with E-state index in [2.05, 4.69) is 32.6 Å². The first kappa shape index (κ1) is 11.0. The molecule has 0 radical (unpaired) electrons. The van der Waals surface area contributed by atoms with Crippen LogP contribution in [-0.4, -0.2) is 24.0 Å². The molecule has 0 amide bonds. The number of likely N-dealkylation sites (tertiary alicyclic amines) is 1. The molecule has 0 bridgehead atoms. The Morgan fingerprint density at radius 3 is 2.46 bits per heavy atom. The van der Waals surface area contributed by atoms with Gasteiger partial charge in [-0.15, -0.1) is 0 Å². The highest BCUT2D eigenvalue weighted by Gasteiger charge is 2.36. The number of hydrogen-bond donors (Lipinski definition) is 0. The predicted molar refractivity (Wildman–Crippen MR) is 58.9 cm³/mol. The summed E-state index contributed by atoms with van der Waals surface area (Å²) in [4.78, 5) is 2.64. The molecule has 1 heteroatoms. The van der Waals surface area contributed by atoms with E-state index in [0.717, 1.165) is 17.9 Å². The molecular weight excluding hydrogens is 158 g/mol. The first-order valence-electron chi connectivity index (χ1n) is 5.93. The highest BCUT2D eigenvalue weighted by Crippen LogP contribution is 2.32. The monoisotopic (exact) mass is 183 g/mol. The Hall–Kier alpha value is -0.0400. The molecule has 0 N–H and O–H groups in total. The van der Waals surface area contributed by atoms with Crippen molar-refractivity contribution in [3.05, 3.63) is 0 Å². The lowest BCUT2D eigenvalue weighted by molar-refractivity contribution is 0.00267. The van der Waals surface area contributed by atoms with Crippen molar-refractivity contribution in [2.24, 2.45) is 11.8 Å². The summed E-state index contributed by atoms with van der Waals surface area (Å²) >= 11 is 0. The molecule has 1 saturated heterocycles. The van der Waals surface area contributed by atoms with E-state index in [-0.39, 0.29) is 0 Å². The van der Waals surface area contributed by atoms with Crippen LogP contribution in [0.3, 0.4) is 0 Å². The molecule has 1 heterocycles. The van der Waals surface area contributed by atoms with E-state index in [1.54, 1.807) is 0 Å². The van der Waals surface area contributed by atoms with Gasteiger partial charge in [-0.2, -0.15) is 0 Å². The fourth-order valence-corrected chi connectivity index (χ4v) is 2.63. The SMILES string of the molecule is CCC[C@H]1C(CC(C)C)CN1CC. The average Bonchev–Trinajstić information content (AvgIpc) is 2.07. The zero-order valence-electron chi connectivity index (χ0n) is 9.71. The fourth-order valence-electron chi connectivity index (χ4n) is 2.63. The molecule has 13 heavy (non-hydrogen) atoms. The Labute approximate surface area is 83.5 Å². The van der Waals surface area contributed by atoms with Crippen LogP contribution in [0.2, 0.25) is 0 Å². The van der Waals surface area contributed by atoms with Gasteiger partial charge in [0, 0.05) is 12.6 Å². The van der Waals surface area contributed by atoms with Crippen molar-refractivity contribution >= 4 is 0 Å². The Kier molecular flexibility index (Phi) is 4.24. The first-order valence-corrected chi connectivity index (χ1v) is 5.93. The molecule has 78 valence electrons. The predicted octanol–water partition coefficient (Wildman–Crippen LogP) is 3.15. The molecule has 0 aromatic heterocycles. The lowest BCUT2D eigenvalue weighted by Gasteiger charge is -2.49. The number of hydrogen-bond acceptors (Lipinski definition) is 1. The Bertz CT molecular complexity index is 142. The zero-order valence-corrected chi connectivity index (χ0v) is 9.71. The summed E-state index contributed by atoms with van der Waals surface area (Å²) in [6, 6.07) is 0.914. The van der Waals surface area contributed by atoms with Crippen molar-refractivity contribution in [1.29, 1.82) is 0 Å². The summed E-state index contributed by atoms with van der Waals surface area (Å²) in [6.07, 6.45) is 4.18. The highest BCUT2D eigenvalue weighted by molar-refractivity contribution is 4.90. The van der Waals surface area contributed by atoms with E-state index >= 15 is 0 Å². The normalized spacial score (nSPS) is 29.3. The van der Waals surface area contributed by atoms with Crippen LogP contribution in [-0.2, 0) is 0 Å². The van der Waals surface area contributed by atoms with Gasteiger partial charge in [-0.05, 0) is 31.2 Å². The zero-order chi connectivity index (χ0) is 9.84. The summed E-state index contributed by atoms with van der Waals surface area (Å²) in [5, 5.41) is 0. The molecule has 0 aromatic carbocycles. The third kappa shape index (κ3) is 2.70. The van der Waals surface area contributed by atoms with E-state index in [1.807, 2.05) is 0 Å². The first-order chi connectivity index (χ1) is 6.19. The van der Waals surface area contributed by atoms with Crippen LogP contribution in [0.4, 0.5) is 0 Å². The maximum Gasteiger partial charge on any atom is 0.0136 e. The molecular formula is C12H25N. The van der Waals surface area contributed by atoms with Crippen LogP contribution in [0.15, 0.2) is 0 Å². The molecule has 0 aliphatic carbocycles. The Balaban J connectivity index is 2.32. The van der Waals surface area contributed by atoms with Crippen molar-refractivity contribution in [3.63, 3.8) is 0 Å². The van der Waals surface area contributed by atoms with Gasteiger partial charge in [0.15, 0.2) is 0 Å². The van der Waals surface area contributed by atoms with Gasteiger partial charge in [0.1, 0.15) is 0 Å². The Morgan fingerprint density at radius 1 is 1.31 bits per heavy atom. The molecule has 1 rings (SSSR count). The average molecular weight is 183 g/mol. The minimum absolute atomic E-state index is 0.878. The van der Waals surface area contributed by atoms with E-state index in [1.165, 1.54) is 32.4 Å². The standard InChI is InChI=1S/C12H25N/c1-5-7-12-11(8-10(3)4)9-13(12)6-2/h10-12H,5-9H2,1-4H3/t11?,12-/m0/s1. The van der Waals surface area contributed by atoms with E-state index in [4.69, 9.17) is 0 Å². The smallest absolute Gasteiger partial charge is 0.0136 e. The largest absolute Gasteiger partial charge is 0.300 e. The minimum atomic E-state index is 0.878. The number of nitrogens with zero attached hydrogens (tertiary/aromatic N) is 1. The Morgan fingerprint density at radius 2 is 2.00 bits per heavy atom. The summed E-state index contributed by atoms with van der Waals surface area (Å²) in [6.45, 7) is 11.9. The summed E-state index contributed by atoms with van der Waals surface area (Å²) in [7, 11) is 0. The fraction of sp³-hybridized carbons (Fsp3) is 1.00. The molecule has 2 atom stereocenters. The van der Waals surface area contributed by atoms with Crippen LogP contribution in [0.1, 0.15) is 47.0 Å². The molecule has 0 saturated carbocycles. The van der Waals surface area contributed by atoms with Crippen LogP contribution in [0.5, 0.6) is 0 Å². The van der Waals surface area contributed by atoms with Crippen LogP contribution in [0.25, 0.3) is 0 Å². The van der Waals surface area contributed by atoms with Crippen molar-refractivity contribution in [1.82, 2.24) is 4.90 Å². The third-order valence-electron chi connectivity index (χ3n) is 3.25. The lowest BCUT2D eigenvalue weighted by Crippen LogP contribution is -2.56. The second kappa shape index (κ2) is 4.99. The second-order valence-electron chi connectivity index (χ2n) is 4.83. The van der Waals surface area contributed by atoms with Crippen molar-refractivity contribution < 1.29 is 0 Å². The van der Waals surface area contributed by atoms with Gasteiger partial charge < -0.3 is 4.90 Å². The number of rotatable bonds is 5. The van der Waals surface area contributed by atoms with Crippen LogP contribution < -0.4 is 0 Å². The topological polar surface area (TPSA) is 3.24 Å². The van der Waals surface area contributed by atoms with Crippen molar-refractivity contribution in [3.8, 4) is 0 Å². The highest BCUT2D eigenvalue weighted by atomic mass is 15.2. The van der Waals surface area contributed by atoms with Gasteiger partial charge in [0.2, 0.25) is 0 Å². The second-order valence-corrected chi connectivity index (χ2v) is 4.83. The van der Waals surface area contributed by atoms with Gasteiger partial charge in [-0.3, -0.25) is 0 Å². The van der Waals surface area contributed by atoms with Gasteiger partial charge in [0.05, 0.1) is 0 Å². The molecule has 0 spiro atoms. The molecule has 1 unspecified atom stereocenters. The third-order valence-corrected chi connectivity index (χ3v) is 3.25. The molecule has 1 aliphatic rings. The molecule has 1 nitrogen and oxygen atoms in total. The molecule has 0 aromatic rings. The minimum Gasteiger partial charge on any atom is -0.300 e. The van der Waals surface area contributed by atoms with Gasteiger partial charge in [-0.25, -0.2) is 0 Å². The van der Waals surface area contributed by atoms with E-state index < -0.39 is 0 Å². The molecule has 1 fully saturated rings. The van der Waals surface area contributed by atoms with Crippen molar-refractivity contribution in [2.45, 2.75) is 53.0 Å². The summed E-state index contributed by atoms with van der Waals surface area (Å²) < 4.78 is 0. The van der Waals surface area contributed by atoms with E-state index in [9.17, 15) is 0 Å². The maximum absolute atomic E-state index is 2.64. The summed E-state index contributed by atoms with van der Waals surface area (Å²) in [5.74, 6) is 1.88. The van der Waals surface area contributed by atoms with Crippen LogP contribution >= 0.6 is 0 Å². The lowest BCUT2D eigenvalue weighted by atomic mass is 9.80. The van der Waals surface area contributed by atoms with Crippen molar-refractivity contribution in [2.75, 3.05) is 13.1 Å². The maximum atomic E-state index is 2.64. The van der Waals surface area contributed by atoms with E-state index in [0.29, 0.717) is 0 Å².